The Morgan fingerprint density at radius 1 is 0.253 bits per heavy atom. The van der Waals surface area contributed by atoms with Crippen LogP contribution in [0.3, 0.4) is 0 Å². The highest BCUT2D eigenvalue weighted by molar-refractivity contribution is 5.71. The Morgan fingerprint density at radius 3 is 0.785 bits per heavy atom. The summed E-state index contributed by atoms with van der Waals surface area (Å²) in [5.74, 6) is -0.997. The number of unbranched alkanes of at least 4 members (excludes halogenated alkanes) is 22. The van der Waals surface area contributed by atoms with Crippen LogP contribution in [0.1, 0.15) is 278 Å². The van der Waals surface area contributed by atoms with Gasteiger partial charge in [0.25, 0.3) is 0 Å². The zero-order valence-corrected chi connectivity index (χ0v) is 51.1. The number of hydrogen-bond donors (Lipinski definition) is 0. The van der Waals surface area contributed by atoms with Gasteiger partial charge >= 0.3 is 17.9 Å². The van der Waals surface area contributed by atoms with Gasteiger partial charge in [-0.15, -0.1) is 0 Å². The number of hydrogen-bond acceptors (Lipinski definition) is 6. The van der Waals surface area contributed by atoms with Gasteiger partial charge in [0.2, 0.25) is 0 Å². The lowest BCUT2D eigenvalue weighted by Crippen LogP contribution is -2.30. The first kappa shape index (κ1) is 74.3. The molecule has 0 saturated carbocycles. The number of ether oxygens (including phenoxy) is 3. The van der Waals surface area contributed by atoms with E-state index in [0.717, 1.165) is 116 Å². The van der Waals surface area contributed by atoms with E-state index in [1.54, 1.807) is 0 Å². The summed E-state index contributed by atoms with van der Waals surface area (Å²) in [4.78, 5) is 38.3. The molecule has 0 bridgehead atoms. The maximum Gasteiger partial charge on any atom is 0.306 e. The van der Waals surface area contributed by atoms with Crippen LogP contribution in [0.2, 0.25) is 0 Å². The van der Waals surface area contributed by atoms with Crippen molar-refractivity contribution in [2.75, 3.05) is 13.2 Å². The SMILES string of the molecule is CC/C=C\C/C=C\C/C=C\C/C=C\CCCCCCCCCCCCCCC(=O)OCC(COC(=O)CC/C=C\C/C=C\C/C=C\C/C=C\CC)OC(=O)CCCCCCCCCCCC/C=C\C/C=C\C/C=C\C/C=C\CC. The van der Waals surface area contributed by atoms with Crippen molar-refractivity contribution in [1.29, 1.82) is 0 Å². The predicted molar refractivity (Wildman–Crippen MR) is 343 cm³/mol. The predicted octanol–water partition coefficient (Wildman–Crippen LogP) is 22.3. The average Bonchev–Trinajstić information content (AvgIpc) is 3.45. The van der Waals surface area contributed by atoms with Gasteiger partial charge in [-0.05, 0) is 122 Å². The summed E-state index contributed by atoms with van der Waals surface area (Å²) in [6.07, 6.45) is 94.4. The van der Waals surface area contributed by atoms with Crippen LogP contribution in [0, 0.1) is 0 Å². The molecule has 6 heteroatoms. The van der Waals surface area contributed by atoms with Gasteiger partial charge in [-0.1, -0.05) is 282 Å². The molecular formula is C73H118O6. The topological polar surface area (TPSA) is 78.9 Å². The van der Waals surface area contributed by atoms with Crippen molar-refractivity contribution in [3.8, 4) is 0 Å². The van der Waals surface area contributed by atoms with Crippen LogP contribution < -0.4 is 0 Å². The van der Waals surface area contributed by atoms with E-state index in [9.17, 15) is 14.4 Å². The summed E-state index contributed by atoms with van der Waals surface area (Å²) < 4.78 is 16.9. The lowest BCUT2D eigenvalue weighted by atomic mass is 10.0. The molecular weight excluding hydrogens is 973 g/mol. The van der Waals surface area contributed by atoms with Gasteiger partial charge in [-0.3, -0.25) is 14.4 Å². The first-order valence-corrected chi connectivity index (χ1v) is 32.3. The van der Waals surface area contributed by atoms with Crippen molar-refractivity contribution in [1.82, 2.24) is 0 Å². The van der Waals surface area contributed by atoms with Gasteiger partial charge in [-0.2, -0.15) is 0 Å². The second kappa shape index (κ2) is 65.8. The molecule has 0 aromatic carbocycles. The van der Waals surface area contributed by atoms with E-state index < -0.39 is 6.10 Å². The first-order valence-electron chi connectivity index (χ1n) is 32.3. The van der Waals surface area contributed by atoms with Crippen molar-refractivity contribution in [2.24, 2.45) is 0 Å². The summed E-state index contributed by atoms with van der Waals surface area (Å²) in [6.45, 7) is 6.24. The molecule has 6 nitrogen and oxygen atoms in total. The van der Waals surface area contributed by atoms with E-state index in [4.69, 9.17) is 14.2 Å². The Balaban J connectivity index is 4.37. The second-order valence-corrected chi connectivity index (χ2v) is 20.9. The van der Waals surface area contributed by atoms with E-state index in [2.05, 4.69) is 161 Å². The highest BCUT2D eigenvalue weighted by Crippen LogP contribution is 2.16. The molecule has 0 aromatic heterocycles. The molecule has 0 spiro atoms. The summed E-state index contributed by atoms with van der Waals surface area (Å²) in [6, 6.07) is 0. The van der Waals surface area contributed by atoms with E-state index in [1.807, 2.05) is 6.08 Å². The fourth-order valence-electron chi connectivity index (χ4n) is 8.62. The number of rotatable bonds is 57. The van der Waals surface area contributed by atoms with Crippen LogP contribution in [0.5, 0.6) is 0 Å². The third-order valence-electron chi connectivity index (χ3n) is 13.3. The minimum Gasteiger partial charge on any atom is -0.462 e. The number of carbonyl (C=O) groups excluding carboxylic acids is 3. The van der Waals surface area contributed by atoms with Crippen molar-refractivity contribution in [3.05, 3.63) is 146 Å². The van der Waals surface area contributed by atoms with Crippen molar-refractivity contribution in [2.45, 2.75) is 284 Å². The molecule has 0 saturated heterocycles. The lowest BCUT2D eigenvalue weighted by molar-refractivity contribution is -0.166. The molecule has 0 aromatic rings. The summed E-state index contributed by atoms with van der Waals surface area (Å²) in [7, 11) is 0. The molecule has 1 unspecified atom stereocenters. The Morgan fingerprint density at radius 2 is 0.481 bits per heavy atom. The van der Waals surface area contributed by atoms with Crippen LogP contribution in [0.25, 0.3) is 0 Å². The van der Waals surface area contributed by atoms with Crippen LogP contribution in [-0.4, -0.2) is 37.2 Å². The van der Waals surface area contributed by atoms with E-state index in [0.29, 0.717) is 19.3 Å². The Labute approximate surface area is 487 Å². The molecule has 0 radical (unpaired) electrons. The average molecular weight is 1090 g/mol. The van der Waals surface area contributed by atoms with E-state index in [-0.39, 0.29) is 37.5 Å². The van der Waals surface area contributed by atoms with E-state index >= 15 is 0 Å². The van der Waals surface area contributed by atoms with Crippen LogP contribution >= 0.6 is 0 Å². The zero-order chi connectivity index (χ0) is 57.1. The summed E-state index contributed by atoms with van der Waals surface area (Å²) in [5, 5.41) is 0. The van der Waals surface area contributed by atoms with Crippen molar-refractivity contribution < 1.29 is 28.6 Å². The third kappa shape index (κ3) is 64.0. The maximum absolute atomic E-state index is 12.9. The van der Waals surface area contributed by atoms with E-state index in [1.165, 1.54) is 116 Å². The van der Waals surface area contributed by atoms with Gasteiger partial charge in [0, 0.05) is 19.3 Å². The quantitative estimate of drug-likeness (QED) is 0.0261. The molecule has 0 fully saturated rings. The van der Waals surface area contributed by atoms with Crippen LogP contribution in [0.4, 0.5) is 0 Å². The van der Waals surface area contributed by atoms with Crippen LogP contribution in [-0.2, 0) is 28.6 Å². The van der Waals surface area contributed by atoms with Gasteiger partial charge < -0.3 is 14.2 Å². The molecule has 1 atom stereocenters. The summed E-state index contributed by atoms with van der Waals surface area (Å²) >= 11 is 0. The fraction of sp³-hybridized carbons (Fsp3) is 0.630. The Hall–Kier alpha value is -4.71. The molecule has 0 amide bonds. The number of allylic oxidation sites excluding steroid dienone is 24. The number of esters is 3. The molecule has 0 rings (SSSR count). The van der Waals surface area contributed by atoms with Crippen LogP contribution in [0.15, 0.2) is 146 Å². The zero-order valence-electron chi connectivity index (χ0n) is 51.1. The Bertz CT molecular complexity index is 1730. The second-order valence-electron chi connectivity index (χ2n) is 20.9. The molecule has 0 aliphatic heterocycles. The van der Waals surface area contributed by atoms with Crippen molar-refractivity contribution in [3.63, 3.8) is 0 Å². The Kier molecular flexibility index (Phi) is 61.9. The third-order valence-corrected chi connectivity index (χ3v) is 13.3. The summed E-state index contributed by atoms with van der Waals surface area (Å²) in [5.41, 5.74) is 0. The molecule has 0 aliphatic rings. The monoisotopic (exact) mass is 1090 g/mol. The minimum atomic E-state index is -0.817. The van der Waals surface area contributed by atoms with Crippen molar-refractivity contribution >= 4 is 17.9 Å². The fourth-order valence-corrected chi connectivity index (χ4v) is 8.62. The molecule has 0 aliphatic carbocycles. The molecule has 446 valence electrons. The largest absolute Gasteiger partial charge is 0.462 e. The van der Waals surface area contributed by atoms with Gasteiger partial charge in [0.1, 0.15) is 13.2 Å². The first-order chi connectivity index (χ1) is 39.0. The molecule has 0 heterocycles. The highest BCUT2D eigenvalue weighted by Gasteiger charge is 2.19. The normalized spacial score (nSPS) is 13.1. The molecule has 79 heavy (non-hydrogen) atoms. The minimum absolute atomic E-state index is 0.107. The maximum atomic E-state index is 12.9. The van der Waals surface area contributed by atoms with Gasteiger partial charge in [0.15, 0.2) is 6.10 Å². The smallest absolute Gasteiger partial charge is 0.306 e. The highest BCUT2D eigenvalue weighted by atomic mass is 16.6. The van der Waals surface area contributed by atoms with Gasteiger partial charge in [-0.25, -0.2) is 0 Å². The molecule has 0 N–H and O–H groups in total. The van der Waals surface area contributed by atoms with Gasteiger partial charge in [0.05, 0.1) is 0 Å². The number of carbonyl (C=O) groups is 3. The lowest BCUT2D eigenvalue weighted by Gasteiger charge is -2.18. The standard InChI is InChI=1S/C73H118O6/c1-4-7-10-13-16-19-22-25-27-29-31-33-35-36-38-39-41-43-45-48-51-54-57-60-63-66-72(75)78-69-70(68-77-71(74)65-62-59-56-53-50-47-24-21-18-15-12-9-6-3)79-73(76)67-64-61-58-55-52-49-46-44-42-40-37-34-32-30-28-26-23-20-17-14-11-8-5-2/h7-12,16-21,25-28,31-34,47,50,56,59,70H,4-6,13-15,22-24,29-30,35-46,48-49,51-55,57-58,60-69H2,1-3H3/b10-7-,11-8-,12-9-,19-16-,20-17-,21-18-,27-25-,28-26-,33-31-,34-32-,50-47-,59-56-.